The van der Waals surface area contributed by atoms with E-state index < -0.39 is 17.8 Å². The third kappa shape index (κ3) is 2.09. The van der Waals surface area contributed by atoms with E-state index in [1.54, 1.807) is 13.0 Å². The van der Waals surface area contributed by atoms with Crippen LogP contribution in [0, 0.1) is 5.82 Å². The molecule has 0 saturated carbocycles. The van der Waals surface area contributed by atoms with Crippen molar-refractivity contribution in [3.8, 4) is 0 Å². The van der Waals surface area contributed by atoms with Crippen molar-refractivity contribution >= 4 is 12.0 Å². The fraction of sp³-hybridized carbons (Fsp3) is 0.300. The quantitative estimate of drug-likeness (QED) is 0.562. The molecule has 0 amide bonds. The summed E-state index contributed by atoms with van der Waals surface area (Å²) in [6.07, 6.45) is -0.683. The van der Waals surface area contributed by atoms with Crippen molar-refractivity contribution in [1.29, 1.82) is 0 Å². The molecule has 0 bridgehead atoms. The summed E-state index contributed by atoms with van der Waals surface area (Å²) in [5, 5.41) is 9.22. The molecular weight excluding hydrogens is 185 g/mol. The maximum atomic E-state index is 13.0. The molecule has 0 unspecified atom stereocenters. The van der Waals surface area contributed by atoms with Gasteiger partial charge in [-0.05, 0) is 17.7 Å². The Morgan fingerprint density at radius 1 is 1.57 bits per heavy atom. The van der Waals surface area contributed by atoms with Gasteiger partial charge < -0.3 is 15.6 Å². The summed E-state index contributed by atoms with van der Waals surface area (Å²) in [5.74, 6) is -0.963. The third-order valence-corrected chi connectivity index (χ3v) is 2.20. The number of aldehydes is 1. The second-order valence-corrected chi connectivity index (χ2v) is 3.20. The molecule has 76 valence electrons. The monoisotopic (exact) mass is 197 g/mol. The van der Waals surface area contributed by atoms with E-state index in [0.29, 0.717) is 11.8 Å². The summed E-state index contributed by atoms with van der Waals surface area (Å²) in [6.45, 7) is 1.64. The van der Waals surface area contributed by atoms with Gasteiger partial charge in [-0.1, -0.05) is 13.0 Å². The lowest BCUT2D eigenvalue weighted by atomic mass is 9.96. The first-order chi connectivity index (χ1) is 6.56. The fourth-order valence-electron chi connectivity index (χ4n) is 1.14. The van der Waals surface area contributed by atoms with Crippen LogP contribution in [0.4, 0.5) is 10.1 Å². The molecule has 0 radical (unpaired) electrons. The van der Waals surface area contributed by atoms with Crippen LogP contribution >= 0.6 is 0 Å². The van der Waals surface area contributed by atoms with Crippen LogP contribution in [0.2, 0.25) is 0 Å². The Balaban J connectivity index is 2.96. The number of aliphatic hydroxyl groups excluding tert-OH is 1. The first-order valence-corrected chi connectivity index (χ1v) is 4.24. The number of aliphatic hydroxyl groups is 1. The van der Waals surface area contributed by atoms with Crippen LogP contribution in [0.25, 0.3) is 0 Å². The zero-order valence-electron chi connectivity index (χ0n) is 7.77. The van der Waals surface area contributed by atoms with Crippen molar-refractivity contribution < 1.29 is 14.3 Å². The maximum absolute atomic E-state index is 13.0. The minimum Gasteiger partial charge on any atom is -0.396 e. The van der Waals surface area contributed by atoms with Gasteiger partial charge in [0.05, 0.1) is 5.69 Å². The average molecular weight is 197 g/mol. The molecule has 0 saturated heterocycles. The molecular formula is C10H12FNO2. The Kier molecular flexibility index (Phi) is 3.19. The molecule has 1 aromatic rings. The second-order valence-electron chi connectivity index (χ2n) is 3.20. The van der Waals surface area contributed by atoms with Crippen LogP contribution < -0.4 is 5.73 Å². The van der Waals surface area contributed by atoms with E-state index in [1.807, 2.05) is 0 Å². The highest BCUT2D eigenvalue weighted by molar-refractivity contribution is 5.58. The van der Waals surface area contributed by atoms with E-state index >= 15 is 0 Å². The second kappa shape index (κ2) is 4.19. The van der Waals surface area contributed by atoms with E-state index in [1.165, 1.54) is 12.1 Å². The van der Waals surface area contributed by atoms with Gasteiger partial charge >= 0.3 is 0 Å². The Labute approximate surface area is 81.4 Å². The van der Waals surface area contributed by atoms with E-state index in [9.17, 15) is 14.3 Å². The molecule has 0 aliphatic carbocycles. The van der Waals surface area contributed by atoms with Crippen LogP contribution in [0.3, 0.4) is 0 Å². The van der Waals surface area contributed by atoms with Crippen LogP contribution in [-0.4, -0.2) is 17.5 Å². The molecule has 0 aromatic heterocycles. The summed E-state index contributed by atoms with van der Waals surface area (Å²) in [7, 11) is 0. The van der Waals surface area contributed by atoms with Crippen LogP contribution in [0.1, 0.15) is 18.4 Å². The van der Waals surface area contributed by atoms with Gasteiger partial charge in [0, 0.05) is 5.92 Å². The highest BCUT2D eigenvalue weighted by Crippen LogP contribution is 2.21. The number of anilines is 1. The highest BCUT2D eigenvalue weighted by Gasteiger charge is 2.16. The largest absolute Gasteiger partial charge is 0.396 e. The number of halogens is 1. The van der Waals surface area contributed by atoms with Crippen molar-refractivity contribution in [2.24, 2.45) is 0 Å². The normalized spacial score (nSPS) is 14.8. The van der Waals surface area contributed by atoms with Crippen LogP contribution in [0.5, 0.6) is 0 Å². The molecule has 1 aromatic carbocycles. The number of nitrogens with two attached hydrogens (primary N) is 1. The number of rotatable bonds is 3. The Bertz CT molecular complexity index is 341. The average Bonchev–Trinajstić information content (AvgIpc) is 2.20. The Morgan fingerprint density at radius 2 is 2.21 bits per heavy atom. The topological polar surface area (TPSA) is 63.3 Å². The number of hydrogen-bond donors (Lipinski definition) is 2. The number of benzene rings is 1. The first kappa shape index (κ1) is 10.7. The Morgan fingerprint density at radius 3 is 2.71 bits per heavy atom. The number of carbonyl (C=O) groups excluding carboxylic acids is 1. The van der Waals surface area contributed by atoms with Gasteiger partial charge in [-0.15, -0.1) is 0 Å². The standard InChI is InChI=1S/C10H12FNO2/c1-6(10(14)5-13)7-2-3-9(12)8(11)4-7/h2-6,10,14H,12H2,1H3/t6-,10-/m0/s1. The smallest absolute Gasteiger partial charge is 0.149 e. The fourth-order valence-corrected chi connectivity index (χ4v) is 1.14. The summed E-state index contributed by atoms with van der Waals surface area (Å²) in [6, 6.07) is 4.24. The summed E-state index contributed by atoms with van der Waals surface area (Å²) < 4.78 is 13.0. The van der Waals surface area contributed by atoms with Gasteiger partial charge in [0.2, 0.25) is 0 Å². The molecule has 0 spiro atoms. The lowest BCUT2D eigenvalue weighted by Gasteiger charge is -2.14. The van der Waals surface area contributed by atoms with E-state index in [2.05, 4.69) is 0 Å². The van der Waals surface area contributed by atoms with Gasteiger partial charge in [-0.2, -0.15) is 0 Å². The van der Waals surface area contributed by atoms with Crippen molar-refractivity contribution in [2.45, 2.75) is 18.9 Å². The summed E-state index contributed by atoms with van der Waals surface area (Å²) in [4.78, 5) is 10.3. The lowest BCUT2D eigenvalue weighted by Crippen LogP contribution is -2.17. The molecule has 0 heterocycles. The van der Waals surface area contributed by atoms with Crippen molar-refractivity contribution in [1.82, 2.24) is 0 Å². The molecule has 1 rings (SSSR count). The zero-order valence-corrected chi connectivity index (χ0v) is 7.77. The molecule has 4 heteroatoms. The van der Waals surface area contributed by atoms with Crippen molar-refractivity contribution in [3.63, 3.8) is 0 Å². The van der Waals surface area contributed by atoms with E-state index in [-0.39, 0.29) is 5.69 Å². The predicted molar refractivity (Wildman–Crippen MR) is 51.3 cm³/mol. The summed E-state index contributed by atoms with van der Waals surface area (Å²) in [5.41, 5.74) is 5.90. The minimum absolute atomic E-state index is 0.0570. The molecule has 3 N–H and O–H groups in total. The number of hydrogen-bond acceptors (Lipinski definition) is 3. The lowest BCUT2D eigenvalue weighted by molar-refractivity contribution is -0.115. The van der Waals surface area contributed by atoms with Gasteiger partial charge in [0.1, 0.15) is 18.2 Å². The minimum atomic E-state index is -1.11. The third-order valence-electron chi connectivity index (χ3n) is 2.20. The SMILES string of the molecule is C[C@@H](c1ccc(N)c(F)c1)[C@@H](O)C=O. The molecule has 0 fully saturated rings. The first-order valence-electron chi connectivity index (χ1n) is 4.24. The van der Waals surface area contributed by atoms with Gasteiger partial charge in [-0.25, -0.2) is 4.39 Å². The van der Waals surface area contributed by atoms with Gasteiger partial charge in [0.25, 0.3) is 0 Å². The van der Waals surface area contributed by atoms with Crippen molar-refractivity contribution in [3.05, 3.63) is 29.6 Å². The molecule has 3 nitrogen and oxygen atoms in total. The van der Waals surface area contributed by atoms with Gasteiger partial charge in [-0.3, -0.25) is 0 Å². The molecule has 0 aliphatic heterocycles. The van der Waals surface area contributed by atoms with Gasteiger partial charge in [0.15, 0.2) is 0 Å². The predicted octanol–water partition coefficient (Wildman–Crippen LogP) is 1.07. The molecule has 2 atom stereocenters. The van der Waals surface area contributed by atoms with Crippen LogP contribution in [0.15, 0.2) is 18.2 Å². The number of nitrogen functional groups attached to an aromatic ring is 1. The molecule has 0 aliphatic rings. The summed E-state index contributed by atoms with van der Waals surface area (Å²) >= 11 is 0. The molecule has 14 heavy (non-hydrogen) atoms. The highest BCUT2D eigenvalue weighted by atomic mass is 19.1. The van der Waals surface area contributed by atoms with E-state index in [4.69, 9.17) is 5.73 Å². The van der Waals surface area contributed by atoms with Crippen molar-refractivity contribution in [2.75, 3.05) is 5.73 Å². The maximum Gasteiger partial charge on any atom is 0.149 e. The zero-order chi connectivity index (χ0) is 10.7. The van der Waals surface area contributed by atoms with E-state index in [0.717, 1.165) is 0 Å². The Hall–Kier alpha value is -1.42. The van der Waals surface area contributed by atoms with Crippen LogP contribution in [-0.2, 0) is 4.79 Å². The number of carbonyl (C=O) groups is 1.